The molecule has 0 saturated heterocycles. The second-order valence-electron chi connectivity index (χ2n) is 6.84. The van der Waals surface area contributed by atoms with Crippen LogP contribution in [-0.4, -0.2) is 33.8 Å². The highest BCUT2D eigenvalue weighted by Crippen LogP contribution is 2.15. The van der Waals surface area contributed by atoms with Crippen molar-refractivity contribution in [3.63, 3.8) is 0 Å². The van der Waals surface area contributed by atoms with Gasteiger partial charge in [-0.25, -0.2) is 4.99 Å². The van der Waals surface area contributed by atoms with Crippen LogP contribution in [0.25, 0.3) is 0 Å². The van der Waals surface area contributed by atoms with Crippen molar-refractivity contribution in [2.75, 3.05) is 13.1 Å². The molecule has 0 atom stereocenters. The first-order valence-electron chi connectivity index (χ1n) is 9.47. The number of nitrogens with zero attached hydrogens (tertiary/aromatic N) is 4. The molecule has 0 fully saturated rings. The molecule has 1 aromatic carbocycles. The third kappa shape index (κ3) is 7.48. The minimum Gasteiger partial charge on any atom is -0.357 e. The Kier molecular flexibility index (Phi) is 10.4. The summed E-state index contributed by atoms with van der Waals surface area (Å²) in [5.74, 6) is 3.17. The highest BCUT2D eigenvalue weighted by molar-refractivity contribution is 14.0. The summed E-state index contributed by atoms with van der Waals surface area (Å²) in [5.41, 5.74) is 2.78. The maximum absolute atomic E-state index is 4.60. The smallest absolute Gasteiger partial charge is 0.191 e. The molecule has 150 valence electrons. The van der Waals surface area contributed by atoms with Gasteiger partial charge in [-0.15, -0.1) is 34.2 Å². The van der Waals surface area contributed by atoms with E-state index >= 15 is 0 Å². The van der Waals surface area contributed by atoms with E-state index in [0.717, 1.165) is 43.5 Å². The number of halogens is 1. The van der Waals surface area contributed by atoms with Crippen LogP contribution < -0.4 is 10.6 Å². The fourth-order valence-electron chi connectivity index (χ4n) is 2.65. The van der Waals surface area contributed by atoms with E-state index in [4.69, 9.17) is 0 Å². The number of hydrogen-bond acceptors (Lipinski definition) is 3. The topological polar surface area (TPSA) is 67.1 Å². The molecule has 0 saturated carbocycles. The zero-order chi connectivity index (χ0) is 18.9. The Balaban J connectivity index is 0.00000364. The zero-order valence-corrected chi connectivity index (χ0v) is 19.4. The summed E-state index contributed by atoms with van der Waals surface area (Å²) in [6, 6.07) is 8.96. The molecule has 2 N–H and O–H groups in total. The Bertz CT molecular complexity index is 706. The van der Waals surface area contributed by atoms with E-state index in [1.165, 1.54) is 11.1 Å². The van der Waals surface area contributed by atoms with Gasteiger partial charge < -0.3 is 15.2 Å². The number of guanidine groups is 1. The molecule has 1 aromatic heterocycles. The third-order valence-electron chi connectivity index (χ3n) is 4.49. The lowest BCUT2D eigenvalue weighted by Gasteiger charge is -2.11. The molecule has 6 nitrogen and oxygen atoms in total. The van der Waals surface area contributed by atoms with Gasteiger partial charge in [0.1, 0.15) is 12.4 Å². The van der Waals surface area contributed by atoms with Crippen LogP contribution in [0.1, 0.15) is 55.9 Å². The van der Waals surface area contributed by atoms with Crippen molar-refractivity contribution >= 4 is 29.9 Å². The van der Waals surface area contributed by atoms with E-state index in [0.29, 0.717) is 12.5 Å². The summed E-state index contributed by atoms with van der Waals surface area (Å²) >= 11 is 0. The van der Waals surface area contributed by atoms with Gasteiger partial charge in [-0.3, -0.25) is 0 Å². The fraction of sp³-hybridized carbons (Fsp3) is 0.550. The lowest BCUT2D eigenvalue weighted by atomic mass is 10.0. The Hall–Kier alpha value is -1.64. The van der Waals surface area contributed by atoms with Gasteiger partial charge in [0.25, 0.3) is 0 Å². The number of aromatic nitrogens is 3. The van der Waals surface area contributed by atoms with E-state index in [-0.39, 0.29) is 24.0 Å². The van der Waals surface area contributed by atoms with Crippen LogP contribution in [0.5, 0.6) is 0 Å². The lowest BCUT2D eigenvalue weighted by Crippen LogP contribution is -2.38. The van der Waals surface area contributed by atoms with Gasteiger partial charge in [0, 0.05) is 20.1 Å². The van der Waals surface area contributed by atoms with Crippen LogP contribution in [0.4, 0.5) is 0 Å². The quantitative estimate of drug-likeness (QED) is 0.260. The predicted molar refractivity (Wildman–Crippen MR) is 123 cm³/mol. The largest absolute Gasteiger partial charge is 0.357 e. The van der Waals surface area contributed by atoms with Crippen molar-refractivity contribution in [2.24, 2.45) is 12.0 Å². The van der Waals surface area contributed by atoms with Crippen LogP contribution in [0.2, 0.25) is 0 Å². The summed E-state index contributed by atoms with van der Waals surface area (Å²) in [6.45, 7) is 10.7. The summed E-state index contributed by atoms with van der Waals surface area (Å²) < 4.78 is 1.97. The molecule has 0 amide bonds. The number of benzene rings is 1. The average Bonchev–Trinajstić information content (AvgIpc) is 2.95. The molecule has 0 spiro atoms. The minimum atomic E-state index is 0. The van der Waals surface area contributed by atoms with Crippen LogP contribution in [0, 0.1) is 6.92 Å². The van der Waals surface area contributed by atoms with E-state index in [1.54, 1.807) is 0 Å². The second kappa shape index (κ2) is 11.9. The normalized spacial score (nSPS) is 11.4. The highest BCUT2D eigenvalue weighted by atomic mass is 127. The minimum absolute atomic E-state index is 0. The molecular weight excluding hydrogens is 451 g/mol. The molecule has 27 heavy (non-hydrogen) atoms. The summed E-state index contributed by atoms with van der Waals surface area (Å²) in [7, 11) is 1.96. The Morgan fingerprint density at radius 3 is 2.41 bits per heavy atom. The molecule has 0 aliphatic heterocycles. The van der Waals surface area contributed by atoms with Gasteiger partial charge in [-0.05, 0) is 43.7 Å². The second-order valence-corrected chi connectivity index (χ2v) is 6.84. The molecule has 0 bridgehead atoms. The van der Waals surface area contributed by atoms with Crippen LogP contribution in [-0.2, 0) is 20.0 Å². The Labute approximate surface area is 180 Å². The number of aliphatic imine (C=N–C) groups is 1. The van der Waals surface area contributed by atoms with Crippen LogP contribution in [0.3, 0.4) is 0 Å². The van der Waals surface area contributed by atoms with Gasteiger partial charge in [-0.1, -0.05) is 38.1 Å². The molecule has 2 rings (SSSR count). The zero-order valence-electron chi connectivity index (χ0n) is 17.1. The van der Waals surface area contributed by atoms with E-state index < -0.39 is 0 Å². The van der Waals surface area contributed by atoms with Crippen molar-refractivity contribution in [2.45, 2.75) is 53.0 Å². The first-order valence-corrected chi connectivity index (χ1v) is 9.47. The van der Waals surface area contributed by atoms with Gasteiger partial charge in [0.2, 0.25) is 0 Å². The summed E-state index contributed by atoms with van der Waals surface area (Å²) in [4.78, 5) is 4.60. The van der Waals surface area contributed by atoms with Crippen molar-refractivity contribution in [1.29, 1.82) is 0 Å². The molecule has 0 aliphatic carbocycles. The first kappa shape index (κ1) is 23.4. The number of hydrogen-bond donors (Lipinski definition) is 2. The van der Waals surface area contributed by atoms with Gasteiger partial charge in [0.15, 0.2) is 11.8 Å². The average molecular weight is 484 g/mol. The summed E-state index contributed by atoms with van der Waals surface area (Å²) in [5, 5.41) is 14.9. The molecule has 0 aliphatic rings. The van der Waals surface area contributed by atoms with Crippen molar-refractivity contribution < 1.29 is 0 Å². The van der Waals surface area contributed by atoms with Crippen LogP contribution in [0.15, 0.2) is 29.3 Å². The van der Waals surface area contributed by atoms with E-state index in [9.17, 15) is 0 Å². The fourth-order valence-corrected chi connectivity index (χ4v) is 2.65. The van der Waals surface area contributed by atoms with Crippen molar-refractivity contribution in [3.8, 4) is 0 Å². The Morgan fingerprint density at radius 1 is 1.15 bits per heavy atom. The molecule has 0 unspecified atom stereocenters. The molecule has 0 radical (unpaired) electrons. The number of nitrogens with one attached hydrogen (secondary N) is 2. The third-order valence-corrected chi connectivity index (χ3v) is 4.49. The van der Waals surface area contributed by atoms with E-state index in [2.05, 4.69) is 70.9 Å². The Morgan fingerprint density at radius 2 is 1.85 bits per heavy atom. The monoisotopic (exact) mass is 484 g/mol. The maximum atomic E-state index is 4.60. The first-order chi connectivity index (χ1) is 12.5. The van der Waals surface area contributed by atoms with Gasteiger partial charge in [-0.2, -0.15) is 0 Å². The predicted octanol–water partition coefficient (Wildman–Crippen LogP) is 3.55. The molecular formula is C20H33IN6. The lowest BCUT2D eigenvalue weighted by molar-refractivity contribution is 0.730. The van der Waals surface area contributed by atoms with Crippen molar-refractivity contribution in [3.05, 3.63) is 47.0 Å². The standard InChI is InChI=1S/C20H32N6.HI/c1-6-21-20(23-14-19-25-24-16(4)26(19)5)22-13-7-8-17-9-11-18(12-10-17)15(2)3;/h9-12,15H,6-8,13-14H2,1-5H3,(H2,21,22,23);1H. The van der Waals surface area contributed by atoms with Crippen LogP contribution >= 0.6 is 24.0 Å². The summed E-state index contributed by atoms with van der Waals surface area (Å²) in [6.07, 6.45) is 2.13. The SMILES string of the molecule is CCNC(=NCc1nnc(C)n1C)NCCCc1ccc(C(C)C)cc1.I. The number of rotatable bonds is 8. The van der Waals surface area contributed by atoms with Crippen molar-refractivity contribution in [1.82, 2.24) is 25.4 Å². The number of aryl methyl sites for hydroxylation is 2. The molecule has 7 heteroatoms. The van der Waals surface area contributed by atoms with Gasteiger partial charge in [0.05, 0.1) is 0 Å². The molecule has 2 aromatic rings. The molecule has 1 heterocycles. The van der Waals surface area contributed by atoms with E-state index in [1.807, 2.05) is 18.5 Å². The highest BCUT2D eigenvalue weighted by Gasteiger charge is 2.05. The van der Waals surface area contributed by atoms with Gasteiger partial charge >= 0.3 is 0 Å². The maximum Gasteiger partial charge on any atom is 0.191 e.